The van der Waals surface area contributed by atoms with Gasteiger partial charge in [0.25, 0.3) is 11.9 Å². The predicted molar refractivity (Wildman–Crippen MR) is 298 cm³/mol. The van der Waals surface area contributed by atoms with Crippen LogP contribution in [0, 0.1) is 13.8 Å². The maximum Gasteiger partial charge on any atom is 0.335 e. The van der Waals surface area contributed by atoms with Crippen molar-refractivity contribution in [2.24, 2.45) is 5.73 Å². The molecule has 0 saturated carbocycles. The van der Waals surface area contributed by atoms with Gasteiger partial charge in [0.1, 0.15) is 23.0 Å². The third kappa shape index (κ3) is 19.6. The van der Waals surface area contributed by atoms with Gasteiger partial charge in [-0.15, -0.1) is 12.4 Å². The van der Waals surface area contributed by atoms with E-state index in [1.54, 1.807) is 111 Å². The molecule has 4 aromatic carbocycles. The van der Waals surface area contributed by atoms with E-state index in [2.05, 4.69) is 25.3 Å². The van der Waals surface area contributed by atoms with Crippen LogP contribution in [-0.2, 0) is 62.2 Å². The number of rotatable bonds is 17. The molecule has 0 aliphatic rings. The number of oxazole rings is 2. The number of nitrogens with two attached hydrogens (primary N) is 1. The lowest BCUT2D eigenvalue weighted by Gasteiger charge is -2.10. The van der Waals surface area contributed by atoms with E-state index in [0.29, 0.717) is 58.6 Å². The van der Waals surface area contributed by atoms with Crippen molar-refractivity contribution in [3.8, 4) is 22.9 Å². The second-order valence-electron chi connectivity index (χ2n) is 17.9. The van der Waals surface area contributed by atoms with E-state index in [9.17, 15) is 26.4 Å². The number of sulfone groups is 2. The summed E-state index contributed by atoms with van der Waals surface area (Å²) in [5.74, 6) is -1.19. The highest BCUT2D eigenvalue weighted by molar-refractivity contribution is 7.91. The van der Waals surface area contributed by atoms with Gasteiger partial charge in [0, 0.05) is 74.6 Å². The van der Waals surface area contributed by atoms with E-state index in [1.807, 2.05) is 74.4 Å². The average Bonchev–Trinajstić information content (AvgIpc) is 3.97. The summed E-state index contributed by atoms with van der Waals surface area (Å²) < 4.78 is 62.9. The number of carbonyl (C=O) groups is 3. The minimum absolute atomic E-state index is 0. The first-order chi connectivity index (χ1) is 36.5. The molecule has 0 aliphatic carbocycles. The van der Waals surface area contributed by atoms with Gasteiger partial charge >= 0.3 is 5.97 Å². The van der Waals surface area contributed by atoms with Crippen LogP contribution in [0.25, 0.3) is 22.9 Å². The van der Waals surface area contributed by atoms with Crippen molar-refractivity contribution in [1.29, 1.82) is 0 Å². The van der Waals surface area contributed by atoms with Gasteiger partial charge in [0.2, 0.25) is 11.8 Å². The minimum atomic E-state index is -3.59. The number of aliphatic carboxylic acids is 1. The zero-order valence-electron chi connectivity index (χ0n) is 44.2. The van der Waals surface area contributed by atoms with Crippen molar-refractivity contribution in [3.05, 3.63) is 202 Å². The van der Waals surface area contributed by atoms with Crippen LogP contribution >= 0.6 is 12.4 Å². The monoisotopic (exact) mass is 1120 g/mol. The lowest BCUT2D eigenvalue weighted by atomic mass is 10.1. The van der Waals surface area contributed by atoms with Crippen LogP contribution in [0.3, 0.4) is 0 Å². The molecule has 8 rings (SSSR count). The highest BCUT2D eigenvalue weighted by Gasteiger charge is 2.23. The van der Waals surface area contributed by atoms with Gasteiger partial charge in [-0.05, 0) is 149 Å². The summed E-state index contributed by atoms with van der Waals surface area (Å²) in [5.41, 5.74) is 11.9. The number of nitrogens with one attached hydrogen (secondary N) is 1. The van der Waals surface area contributed by atoms with Gasteiger partial charge in [-0.25, -0.2) is 31.6 Å². The van der Waals surface area contributed by atoms with E-state index < -0.39 is 31.6 Å². The first kappa shape index (κ1) is 62.6. The average molecular weight is 1120 g/mol. The first-order valence-electron chi connectivity index (χ1n) is 23.8. The highest BCUT2D eigenvalue weighted by Crippen LogP contribution is 2.27. The Labute approximate surface area is 460 Å². The number of amides is 1. The SMILES string of the molecule is CC(=O)O.Cc1oc(-c2ccc(C(=O)NCc3cccnc3)cc2)nc1CS(=O)(=O)c1ccc(CN(C)C)cc1.Cc1oc(-c2ccc(C(=O)O)cc2)nc1CS(=O)(=O)c1ccc(CN(C)C)cc1.Cl.NCc1cccnc1. The summed E-state index contributed by atoms with van der Waals surface area (Å²) in [5, 5.41) is 19.3. The number of pyridine rings is 2. The molecule has 0 unspecified atom stereocenters. The number of aromatic nitrogens is 4. The second kappa shape index (κ2) is 29.6. The van der Waals surface area contributed by atoms with Crippen molar-refractivity contribution < 1.29 is 50.3 Å². The molecule has 22 heteroatoms. The van der Waals surface area contributed by atoms with Gasteiger partial charge in [-0.3, -0.25) is 19.6 Å². The minimum Gasteiger partial charge on any atom is -0.481 e. The Balaban J connectivity index is 0.000000278. The number of carbonyl (C=O) groups excluding carboxylic acids is 1. The zero-order chi connectivity index (χ0) is 56.3. The summed E-state index contributed by atoms with van der Waals surface area (Å²) in [6.07, 6.45) is 6.88. The third-order valence-electron chi connectivity index (χ3n) is 10.9. The summed E-state index contributed by atoms with van der Waals surface area (Å²) >= 11 is 0. The standard InChI is InChI=1S/C27H28N4O4S.C21H22N2O5S.C6H8N2.C2H4O2.ClH/c1-19-25(18-36(33,34)24-12-6-20(7-13-24)17-31(2)3)30-27(35-19)23-10-8-22(9-11-23)26(32)29-16-21-5-4-14-28-15-21;1-14-19(22-20(28-14)16-6-8-17(9-7-16)21(24)25)13-29(26,27)18-10-4-15(5-11-18)12-23(2)3;7-4-6-2-1-3-8-5-6;1-2(3)4;/h4-15H,16-18H2,1-3H3,(H,29,32);4-11H,12-13H2,1-3H3,(H,24,25);1-3,5H,4,7H2;1H3,(H,3,4);1H. The molecular weight excluding hydrogens is 1060 g/mol. The van der Waals surface area contributed by atoms with E-state index in [4.69, 9.17) is 29.6 Å². The smallest absolute Gasteiger partial charge is 0.335 e. The fourth-order valence-corrected chi connectivity index (χ4v) is 9.75. The molecule has 5 N–H and O–H groups in total. The second-order valence-corrected chi connectivity index (χ2v) is 21.9. The Kier molecular flexibility index (Phi) is 23.7. The van der Waals surface area contributed by atoms with E-state index in [1.165, 1.54) is 12.1 Å². The molecule has 0 radical (unpaired) electrons. The maximum atomic E-state index is 13.0. The lowest BCUT2D eigenvalue weighted by Crippen LogP contribution is -2.22. The number of halogens is 1. The number of aryl methyl sites for hydroxylation is 2. The number of benzene rings is 4. The molecular formula is C56H63ClN8O11S2. The molecule has 19 nitrogen and oxygen atoms in total. The largest absolute Gasteiger partial charge is 0.481 e. The van der Waals surface area contributed by atoms with E-state index in [0.717, 1.165) is 42.3 Å². The van der Waals surface area contributed by atoms with Gasteiger partial charge in [0.05, 0.1) is 26.7 Å². The van der Waals surface area contributed by atoms with Gasteiger partial charge < -0.3 is 39.9 Å². The summed E-state index contributed by atoms with van der Waals surface area (Å²) in [6.45, 7) is 6.86. The van der Waals surface area contributed by atoms with E-state index >= 15 is 0 Å². The Bertz CT molecular complexity index is 3410. The van der Waals surface area contributed by atoms with Crippen LogP contribution in [-0.4, -0.2) is 103 Å². The molecule has 0 saturated heterocycles. The topological polar surface area (TPSA) is 282 Å². The highest BCUT2D eigenvalue weighted by atomic mass is 35.5. The molecule has 78 heavy (non-hydrogen) atoms. The molecule has 8 aromatic rings. The summed E-state index contributed by atoms with van der Waals surface area (Å²) in [6, 6.07) is 34.1. The maximum absolute atomic E-state index is 13.0. The fourth-order valence-electron chi connectivity index (χ4n) is 7.06. The van der Waals surface area contributed by atoms with Crippen LogP contribution < -0.4 is 11.1 Å². The molecule has 0 aliphatic heterocycles. The first-order valence-corrected chi connectivity index (χ1v) is 27.1. The Morgan fingerprint density at radius 1 is 0.577 bits per heavy atom. The summed E-state index contributed by atoms with van der Waals surface area (Å²) in [4.78, 5) is 53.6. The Hall–Kier alpha value is -7.92. The third-order valence-corrected chi connectivity index (χ3v) is 14.2. The van der Waals surface area contributed by atoms with Gasteiger partial charge in [0.15, 0.2) is 19.7 Å². The van der Waals surface area contributed by atoms with Crippen LogP contribution in [0.1, 0.15) is 72.8 Å². The molecule has 0 atom stereocenters. The van der Waals surface area contributed by atoms with Crippen molar-refractivity contribution in [3.63, 3.8) is 0 Å². The van der Waals surface area contributed by atoms with Crippen LogP contribution in [0.5, 0.6) is 0 Å². The quantitative estimate of drug-likeness (QED) is 0.0665. The van der Waals surface area contributed by atoms with Crippen molar-refractivity contribution in [1.82, 2.24) is 35.1 Å². The lowest BCUT2D eigenvalue weighted by molar-refractivity contribution is -0.134. The molecule has 4 heterocycles. The predicted octanol–water partition coefficient (Wildman–Crippen LogP) is 8.45. The van der Waals surface area contributed by atoms with Crippen molar-refractivity contribution in [2.75, 3.05) is 28.2 Å². The van der Waals surface area contributed by atoms with Crippen LogP contribution in [0.15, 0.2) is 165 Å². The summed E-state index contributed by atoms with van der Waals surface area (Å²) in [7, 11) is 0.646. The normalized spacial score (nSPS) is 10.9. The van der Waals surface area contributed by atoms with Gasteiger partial charge in [-0.2, -0.15) is 0 Å². The zero-order valence-corrected chi connectivity index (χ0v) is 46.6. The Morgan fingerprint density at radius 2 is 0.962 bits per heavy atom. The van der Waals surface area contributed by atoms with Crippen LogP contribution in [0.2, 0.25) is 0 Å². The molecule has 1 amide bonds. The fraction of sp³-hybridized carbons (Fsp3) is 0.232. The van der Waals surface area contributed by atoms with Crippen molar-refractivity contribution in [2.45, 2.75) is 68.2 Å². The van der Waals surface area contributed by atoms with Gasteiger partial charge in [-0.1, -0.05) is 36.4 Å². The molecule has 4 aromatic heterocycles. The number of carboxylic acids is 2. The van der Waals surface area contributed by atoms with Crippen molar-refractivity contribution >= 4 is 49.9 Å². The number of aromatic carboxylic acids is 1. The van der Waals surface area contributed by atoms with Crippen LogP contribution in [0.4, 0.5) is 0 Å². The van der Waals surface area contributed by atoms with E-state index in [-0.39, 0.29) is 51.1 Å². The number of carboxylic acid groups (broad SMARTS) is 2. The number of nitrogens with zero attached hydrogens (tertiary/aromatic N) is 6. The molecule has 0 bridgehead atoms. The number of hydrogen-bond acceptors (Lipinski definition) is 16. The molecule has 0 fully saturated rings. The molecule has 0 spiro atoms. The Morgan fingerprint density at radius 3 is 1.29 bits per heavy atom. The molecule has 412 valence electrons. The number of hydrogen-bond donors (Lipinski definition) is 4.